The topological polar surface area (TPSA) is 125 Å². The molecule has 0 atom stereocenters. The van der Waals surface area contributed by atoms with Gasteiger partial charge in [-0.2, -0.15) is 5.10 Å². The number of nitrogens with one attached hydrogen (secondary N) is 1. The predicted molar refractivity (Wildman–Crippen MR) is 115 cm³/mol. The lowest BCUT2D eigenvalue weighted by Crippen LogP contribution is -2.04. The van der Waals surface area contributed by atoms with E-state index in [1.807, 2.05) is 25.2 Å². The number of benzene rings is 2. The molecule has 0 saturated heterocycles. The molecule has 156 valence electrons. The molecule has 0 aliphatic carbocycles. The van der Waals surface area contributed by atoms with Crippen LogP contribution in [0.4, 0.5) is 17.2 Å². The number of carbonyl (C=O) groups is 1. The Balaban J connectivity index is 1.72. The number of Topliss-reactive ketones (excluding diaryl/α,β-unsaturated/α-hetero) is 1. The van der Waals surface area contributed by atoms with Crippen LogP contribution in [0.1, 0.15) is 17.3 Å². The number of hydrogen-bond donors (Lipinski definition) is 1. The molecule has 2 aromatic heterocycles. The fraction of sp³-hybridized carbons (Fsp3) is 0.143. The number of nitro benzene ring substituents is 1. The lowest BCUT2D eigenvalue weighted by atomic mass is 10.1. The monoisotopic (exact) mass is 418 g/mol. The van der Waals surface area contributed by atoms with Crippen LogP contribution in [0.3, 0.4) is 0 Å². The minimum absolute atomic E-state index is 0.0273. The number of ether oxygens (including phenoxy) is 1. The Bertz CT molecular complexity index is 1330. The molecule has 0 saturated carbocycles. The maximum absolute atomic E-state index is 11.8. The highest BCUT2D eigenvalue weighted by Gasteiger charge is 2.22. The Morgan fingerprint density at radius 3 is 2.71 bits per heavy atom. The van der Waals surface area contributed by atoms with Gasteiger partial charge in [0, 0.05) is 30.1 Å². The van der Waals surface area contributed by atoms with Gasteiger partial charge in [-0.1, -0.05) is 6.07 Å². The number of nitro groups is 1. The van der Waals surface area contributed by atoms with Crippen molar-refractivity contribution in [2.75, 3.05) is 12.4 Å². The van der Waals surface area contributed by atoms with Crippen LogP contribution >= 0.6 is 0 Å². The molecule has 0 aliphatic heterocycles. The first-order valence-electron chi connectivity index (χ1n) is 9.26. The first kappa shape index (κ1) is 20.0. The largest absolute Gasteiger partial charge is 0.495 e. The van der Waals surface area contributed by atoms with Crippen LogP contribution in [0.15, 0.2) is 48.9 Å². The first-order chi connectivity index (χ1) is 14.9. The summed E-state index contributed by atoms with van der Waals surface area (Å²) in [6, 6.07) is 10.2. The number of fused-ring (bicyclic) bond motifs is 1. The Kier molecular flexibility index (Phi) is 5.04. The van der Waals surface area contributed by atoms with E-state index in [0.29, 0.717) is 17.2 Å². The van der Waals surface area contributed by atoms with E-state index >= 15 is 0 Å². The second kappa shape index (κ2) is 7.82. The van der Waals surface area contributed by atoms with Crippen LogP contribution in [0.5, 0.6) is 5.75 Å². The Labute approximate surface area is 176 Å². The van der Waals surface area contributed by atoms with Crippen molar-refractivity contribution in [1.29, 1.82) is 0 Å². The lowest BCUT2D eigenvalue weighted by Gasteiger charge is -2.12. The van der Waals surface area contributed by atoms with E-state index in [4.69, 9.17) is 4.74 Å². The molecule has 0 bridgehead atoms. The van der Waals surface area contributed by atoms with Crippen molar-refractivity contribution in [3.8, 4) is 17.0 Å². The number of rotatable bonds is 6. The molecule has 31 heavy (non-hydrogen) atoms. The molecule has 0 amide bonds. The summed E-state index contributed by atoms with van der Waals surface area (Å²) in [6.07, 6.45) is 3.18. The van der Waals surface area contributed by atoms with Gasteiger partial charge in [0.15, 0.2) is 5.78 Å². The van der Waals surface area contributed by atoms with Gasteiger partial charge in [0.05, 0.1) is 40.7 Å². The smallest absolute Gasteiger partial charge is 0.282 e. The van der Waals surface area contributed by atoms with Crippen LogP contribution < -0.4 is 10.1 Å². The number of hydrogen-bond acceptors (Lipinski definition) is 8. The van der Waals surface area contributed by atoms with Crippen molar-refractivity contribution in [2.24, 2.45) is 7.05 Å². The third kappa shape index (κ3) is 3.78. The van der Waals surface area contributed by atoms with Gasteiger partial charge < -0.3 is 10.1 Å². The van der Waals surface area contributed by atoms with Crippen molar-refractivity contribution in [1.82, 2.24) is 19.7 Å². The summed E-state index contributed by atoms with van der Waals surface area (Å²) in [5.74, 6) is 0.277. The van der Waals surface area contributed by atoms with Gasteiger partial charge >= 0.3 is 0 Å². The number of carbonyl (C=O) groups excluding carboxylic acids is 1. The van der Waals surface area contributed by atoms with Gasteiger partial charge in [0.1, 0.15) is 17.9 Å². The van der Waals surface area contributed by atoms with Crippen LogP contribution in [0.2, 0.25) is 0 Å². The van der Waals surface area contributed by atoms with E-state index in [1.165, 1.54) is 32.5 Å². The Hall–Kier alpha value is -4.34. The molecule has 1 N–H and O–H groups in total. The maximum atomic E-state index is 11.8. The molecule has 2 heterocycles. The van der Waals surface area contributed by atoms with Crippen LogP contribution in [-0.4, -0.2) is 37.6 Å². The molecule has 10 heteroatoms. The highest BCUT2D eigenvalue weighted by atomic mass is 16.6. The molecule has 4 rings (SSSR count). The zero-order valence-electron chi connectivity index (χ0n) is 17.0. The summed E-state index contributed by atoms with van der Waals surface area (Å²) in [5.41, 5.74) is 2.51. The van der Waals surface area contributed by atoms with Gasteiger partial charge in [-0.25, -0.2) is 9.97 Å². The minimum atomic E-state index is -0.601. The zero-order chi connectivity index (χ0) is 22.1. The van der Waals surface area contributed by atoms with Gasteiger partial charge in [-0.15, -0.1) is 0 Å². The standard InChI is InChI=1S/C21H18N6O4/c1-12(28)15-7-20(31-3)17(8-19(15)27(29)30)25-21-9-16(22-11-23-21)13-4-5-18-14(6-13)10-24-26(18)2/h4-11H,1-3H3,(H,22,23,25). The normalized spacial score (nSPS) is 10.8. The van der Waals surface area contributed by atoms with Crippen molar-refractivity contribution in [2.45, 2.75) is 6.92 Å². The average Bonchev–Trinajstić information content (AvgIpc) is 3.13. The number of ketones is 1. The fourth-order valence-electron chi connectivity index (χ4n) is 3.31. The van der Waals surface area contributed by atoms with Crippen molar-refractivity contribution >= 4 is 33.9 Å². The molecule has 4 aromatic rings. The van der Waals surface area contributed by atoms with E-state index in [0.717, 1.165) is 16.5 Å². The molecule has 2 aromatic carbocycles. The lowest BCUT2D eigenvalue weighted by molar-refractivity contribution is -0.385. The molecule has 0 fully saturated rings. The number of methoxy groups -OCH3 is 1. The molecule has 0 radical (unpaired) electrons. The van der Waals surface area contributed by atoms with Crippen LogP contribution in [0.25, 0.3) is 22.2 Å². The summed E-state index contributed by atoms with van der Waals surface area (Å²) >= 11 is 0. The maximum Gasteiger partial charge on any atom is 0.282 e. The Morgan fingerprint density at radius 2 is 2.00 bits per heavy atom. The van der Waals surface area contributed by atoms with Gasteiger partial charge in [-0.3, -0.25) is 19.6 Å². The summed E-state index contributed by atoms with van der Waals surface area (Å²) in [6.45, 7) is 1.27. The quantitative estimate of drug-likeness (QED) is 0.284. The molecule has 0 unspecified atom stereocenters. The first-order valence-corrected chi connectivity index (χ1v) is 9.26. The second-order valence-electron chi connectivity index (χ2n) is 6.84. The highest BCUT2D eigenvalue weighted by molar-refractivity contribution is 5.99. The number of anilines is 2. The molecule has 0 aliphatic rings. The van der Waals surface area contributed by atoms with Crippen molar-refractivity contribution in [3.63, 3.8) is 0 Å². The van der Waals surface area contributed by atoms with Gasteiger partial charge in [0.25, 0.3) is 5.69 Å². The highest BCUT2D eigenvalue weighted by Crippen LogP contribution is 2.35. The van der Waals surface area contributed by atoms with E-state index in [1.54, 1.807) is 16.9 Å². The summed E-state index contributed by atoms with van der Waals surface area (Å²) in [5, 5.41) is 19.7. The summed E-state index contributed by atoms with van der Waals surface area (Å²) < 4.78 is 7.11. The van der Waals surface area contributed by atoms with Crippen molar-refractivity contribution in [3.05, 3.63) is 64.6 Å². The van der Waals surface area contributed by atoms with E-state index in [2.05, 4.69) is 20.4 Å². The Morgan fingerprint density at radius 1 is 1.19 bits per heavy atom. The number of nitrogens with zero attached hydrogens (tertiary/aromatic N) is 5. The van der Waals surface area contributed by atoms with Gasteiger partial charge in [-0.05, 0) is 25.1 Å². The molecule has 0 spiro atoms. The third-order valence-electron chi connectivity index (χ3n) is 4.87. The SMILES string of the molecule is COc1cc(C(C)=O)c([N+](=O)[O-])cc1Nc1cc(-c2ccc3c(cnn3C)c2)ncn1. The van der Waals surface area contributed by atoms with E-state index < -0.39 is 10.7 Å². The average molecular weight is 418 g/mol. The van der Waals surface area contributed by atoms with E-state index in [9.17, 15) is 14.9 Å². The third-order valence-corrected chi connectivity index (χ3v) is 4.87. The van der Waals surface area contributed by atoms with Crippen LogP contribution in [-0.2, 0) is 7.05 Å². The zero-order valence-corrected chi connectivity index (χ0v) is 17.0. The minimum Gasteiger partial charge on any atom is -0.495 e. The number of aryl methyl sites for hydroxylation is 1. The number of aromatic nitrogens is 4. The van der Waals surface area contributed by atoms with Crippen LogP contribution in [0, 0.1) is 10.1 Å². The van der Waals surface area contributed by atoms with E-state index in [-0.39, 0.29) is 17.0 Å². The van der Waals surface area contributed by atoms with Gasteiger partial charge in [0.2, 0.25) is 0 Å². The fourth-order valence-corrected chi connectivity index (χ4v) is 3.31. The molecular formula is C21H18N6O4. The summed E-state index contributed by atoms with van der Waals surface area (Å²) in [7, 11) is 3.30. The molecular weight excluding hydrogens is 400 g/mol. The summed E-state index contributed by atoms with van der Waals surface area (Å²) in [4.78, 5) is 31.2. The second-order valence-corrected chi connectivity index (χ2v) is 6.84. The predicted octanol–water partition coefficient (Wildman–Crippen LogP) is 3.89. The van der Waals surface area contributed by atoms with Crippen molar-refractivity contribution < 1.29 is 14.5 Å². The molecule has 10 nitrogen and oxygen atoms in total.